The fraction of sp³-hybridized carbons (Fsp3) is 0.500. The molecule has 0 saturated heterocycles. The first-order chi connectivity index (χ1) is 14.6. The summed E-state index contributed by atoms with van der Waals surface area (Å²) in [6.07, 6.45) is 10.9. The van der Waals surface area contributed by atoms with Crippen molar-refractivity contribution in [2.24, 2.45) is 0 Å². The lowest BCUT2D eigenvalue weighted by Gasteiger charge is -2.32. The van der Waals surface area contributed by atoms with E-state index < -0.39 is 11.9 Å². The highest BCUT2D eigenvalue weighted by Gasteiger charge is 2.35. The minimum Gasteiger partial charge on any atom is -0.383 e. The second kappa shape index (κ2) is 14.2. The molecule has 0 radical (unpaired) electrons. The van der Waals surface area contributed by atoms with E-state index in [0.717, 1.165) is 36.8 Å². The molecule has 3 heteroatoms. The maximum atomic E-state index is 11.3. The summed E-state index contributed by atoms with van der Waals surface area (Å²) in [5.41, 5.74) is 5.76. The Balaban J connectivity index is 2.88. The molecular weight excluding hydrogens is 384 g/mol. The Hall–Kier alpha value is -1.94. The highest BCUT2D eigenvalue weighted by molar-refractivity contribution is 5.18. The molecule has 172 valence electrons. The first-order valence-corrected chi connectivity index (χ1v) is 11.3. The first-order valence-electron chi connectivity index (χ1n) is 11.3. The van der Waals surface area contributed by atoms with Gasteiger partial charge in [0.05, 0.1) is 6.61 Å². The van der Waals surface area contributed by atoms with Gasteiger partial charge in [0.15, 0.2) is 5.79 Å². The van der Waals surface area contributed by atoms with Gasteiger partial charge in [-0.3, -0.25) is 0 Å². The summed E-state index contributed by atoms with van der Waals surface area (Å²) >= 11 is 0. The van der Waals surface area contributed by atoms with Crippen LogP contribution in [0, 0.1) is 0 Å². The van der Waals surface area contributed by atoms with Gasteiger partial charge in [0, 0.05) is 6.42 Å². The summed E-state index contributed by atoms with van der Waals surface area (Å²) in [6, 6.07) is 9.66. The number of ether oxygens (including phenoxy) is 1. The van der Waals surface area contributed by atoms with Crippen molar-refractivity contribution in [3.8, 4) is 0 Å². The van der Waals surface area contributed by atoms with Gasteiger partial charge in [-0.25, -0.2) is 0 Å². The molecule has 0 aliphatic carbocycles. The van der Waals surface area contributed by atoms with Crippen molar-refractivity contribution in [1.29, 1.82) is 0 Å². The molecule has 0 spiro atoms. The zero-order valence-corrected chi connectivity index (χ0v) is 20.3. The highest BCUT2D eigenvalue weighted by Crippen LogP contribution is 2.23. The SMILES string of the molecule is CC(C)=CCC/C(C)=C\C(O)C(O)(Cc1ccccc1)OC/C=C(\C)CCC=C(C)C. The number of rotatable bonds is 13. The maximum absolute atomic E-state index is 11.3. The van der Waals surface area contributed by atoms with Crippen LogP contribution in [0.3, 0.4) is 0 Å². The van der Waals surface area contributed by atoms with E-state index in [9.17, 15) is 10.2 Å². The van der Waals surface area contributed by atoms with Crippen molar-refractivity contribution in [3.05, 3.63) is 82.5 Å². The van der Waals surface area contributed by atoms with Crippen LogP contribution >= 0.6 is 0 Å². The van der Waals surface area contributed by atoms with Crippen LogP contribution in [0.15, 0.2) is 76.9 Å². The summed E-state index contributed by atoms with van der Waals surface area (Å²) in [6.45, 7) is 12.7. The summed E-state index contributed by atoms with van der Waals surface area (Å²) < 4.78 is 5.89. The molecule has 0 bridgehead atoms. The summed E-state index contributed by atoms with van der Waals surface area (Å²) in [5.74, 6) is -1.68. The van der Waals surface area contributed by atoms with Crippen LogP contribution in [0.2, 0.25) is 0 Å². The monoisotopic (exact) mass is 426 g/mol. The molecular formula is C28H42O3. The summed E-state index contributed by atoms with van der Waals surface area (Å²) in [7, 11) is 0. The standard InChI is InChI=1S/C28H42O3/c1-22(2)12-10-14-24(5)18-19-31-28(30,21-26-16-8-7-9-17-26)27(29)20-25(6)15-11-13-23(3)4/h7-9,12-13,16-18,20,27,29-30H,10-11,14-15,19,21H2,1-6H3/b24-18+,25-20-. The van der Waals surface area contributed by atoms with Crippen molar-refractivity contribution in [3.63, 3.8) is 0 Å². The minimum absolute atomic E-state index is 0.220. The Morgan fingerprint density at radius 3 is 1.97 bits per heavy atom. The van der Waals surface area contributed by atoms with Crippen LogP contribution < -0.4 is 0 Å². The van der Waals surface area contributed by atoms with E-state index in [2.05, 4.69) is 46.8 Å². The van der Waals surface area contributed by atoms with E-state index in [4.69, 9.17) is 4.74 Å². The van der Waals surface area contributed by atoms with Gasteiger partial charge < -0.3 is 14.9 Å². The Kier molecular flexibility index (Phi) is 12.4. The number of allylic oxidation sites excluding steroid dienone is 6. The number of benzene rings is 1. The first kappa shape index (κ1) is 27.1. The zero-order valence-electron chi connectivity index (χ0n) is 20.3. The Morgan fingerprint density at radius 2 is 1.42 bits per heavy atom. The molecule has 1 aromatic rings. The predicted molar refractivity (Wildman–Crippen MR) is 132 cm³/mol. The van der Waals surface area contributed by atoms with Crippen LogP contribution in [-0.2, 0) is 11.2 Å². The molecule has 0 amide bonds. The molecule has 2 atom stereocenters. The van der Waals surface area contributed by atoms with Gasteiger partial charge in [-0.15, -0.1) is 0 Å². The third-order valence-electron chi connectivity index (χ3n) is 5.15. The van der Waals surface area contributed by atoms with Gasteiger partial charge in [0.2, 0.25) is 0 Å². The molecule has 1 rings (SSSR count). The lowest BCUT2D eigenvalue weighted by molar-refractivity contribution is -0.238. The Bertz CT molecular complexity index is 763. The van der Waals surface area contributed by atoms with Gasteiger partial charge in [-0.2, -0.15) is 0 Å². The summed E-state index contributed by atoms with van der Waals surface area (Å²) in [5, 5.41) is 22.2. The molecule has 2 unspecified atom stereocenters. The maximum Gasteiger partial charge on any atom is 0.200 e. The fourth-order valence-electron chi connectivity index (χ4n) is 3.22. The third-order valence-corrected chi connectivity index (χ3v) is 5.15. The van der Waals surface area contributed by atoms with Crippen molar-refractivity contribution < 1.29 is 14.9 Å². The van der Waals surface area contributed by atoms with Crippen LogP contribution in [0.25, 0.3) is 0 Å². The van der Waals surface area contributed by atoms with Crippen LogP contribution in [0.4, 0.5) is 0 Å². The lowest BCUT2D eigenvalue weighted by Crippen LogP contribution is -2.46. The lowest BCUT2D eigenvalue weighted by atomic mass is 9.97. The normalized spacial score (nSPS) is 15.2. The molecule has 0 heterocycles. The second-order valence-corrected chi connectivity index (χ2v) is 8.97. The second-order valence-electron chi connectivity index (χ2n) is 8.97. The topological polar surface area (TPSA) is 49.7 Å². The van der Waals surface area contributed by atoms with Crippen molar-refractivity contribution in [2.75, 3.05) is 6.61 Å². The van der Waals surface area contributed by atoms with E-state index in [-0.39, 0.29) is 13.0 Å². The molecule has 2 N–H and O–H groups in total. The third kappa shape index (κ3) is 11.9. The molecule has 31 heavy (non-hydrogen) atoms. The van der Waals surface area contributed by atoms with Gasteiger partial charge in [-0.05, 0) is 72.8 Å². The zero-order chi connectivity index (χ0) is 23.3. The smallest absolute Gasteiger partial charge is 0.200 e. The number of aliphatic hydroxyl groups excluding tert-OH is 1. The minimum atomic E-state index is -1.68. The predicted octanol–water partition coefficient (Wildman–Crippen LogP) is 6.68. The van der Waals surface area contributed by atoms with Gasteiger partial charge in [0.1, 0.15) is 6.10 Å². The number of hydrogen-bond acceptors (Lipinski definition) is 3. The van der Waals surface area contributed by atoms with Crippen LogP contribution in [0.5, 0.6) is 0 Å². The summed E-state index contributed by atoms with van der Waals surface area (Å²) in [4.78, 5) is 0. The van der Waals surface area contributed by atoms with Gasteiger partial charge in [-0.1, -0.05) is 76.9 Å². The van der Waals surface area contributed by atoms with E-state index in [1.807, 2.05) is 43.3 Å². The molecule has 0 aliphatic rings. The van der Waals surface area contributed by atoms with Crippen LogP contribution in [-0.4, -0.2) is 28.7 Å². The Labute approximate surface area is 189 Å². The fourth-order valence-corrected chi connectivity index (χ4v) is 3.22. The van der Waals surface area contributed by atoms with Crippen molar-refractivity contribution in [1.82, 2.24) is 0 Å². The quantitative estimate of drug-likeness (QED) is 0.273. The Morgan fingerprint density at radius 1 is 0.871 bits per heavy atom. The highest BCUT2D eigenvalue weighted by atomic mass is 16.6. The molecule has 1 aromatic carbocycles. The van der Waals surface area contributed by atoms with E-state index in [0.29, 0.717) is 0 Å². The van der Waals surface area contributed by atoms with Crippen molar-refractivity contribution in [2.45, 2.75) is 85.5 Å². The average molecular weight is 427 g/mol. The molecule has 0 aromatic heterocycles. The van der Waals surface area contributed by atoms with Crippen LogP contribution in [0.1, 0.15) is 72.8 Å². The molecule has 0 fully saturated rings. The average Bonchev–Trinajstić information content (AvgIpc) is 2.68. The number of aliphatic hydroxyl groups is 2. The van der Waals surface area contributed by atoms with E-state index in [1.165, 1.54) is 16.7 Å². The number of hydrogen-bond donors (Lipinski definition) is 2. The molecule has 3 nitrogen and oxygen atoms in total. The van der Waals surface area contributed by atoms with Gasteiger partial charge in [0.25, 0.3) is 0 Å². The van der Waals surface area contributed by atoms with Gasteiger partial charge >= 0.3 is 0 Å². The van der Waals surface area contributed by atoms with E-state index >= 15 is 0 Å². The van der Waals surface area contributed by atoms with Crippen molar-refractivity contribution >= 4 is 0 Å². The van der Waals surface area contributed by atoms with E-state index in [1.54, 1.807) is 6.08 Å². The largest absolute Gasteiger partial charge is 0.383 e. The molecule has 0 aliphatic heterocycles. The molecule has 0 saturated carbocycles.